The van der Waals surface area contributed by atoms with E-state index in [4.69, 9.17) is 72.3 Å². The Bertz CT molecular complexity index is 6330. The normalized spacial score (nSPS) is 20.6. The van der Waals surface area contributed by atoms with Crippen molar-refractivity contribution in [1.29, 1.82) is 0 Å². The van der Waals surface area contributed by atoms with Gasteiger partial charge in [0.2, 0.25) is 0 Å². The fraction of sp³-hybridized carbons (Fsp3) is 0.304. The van der Waals surface area contributed by atoms with E-state index in [9.17, 15) is 88.7 Å². The van der Waals surface area contributed by atoms with Crippen LogP contribution in [0.2, 0.25) is 10.0 Å². The fourth-order valence-corrected chi connectivity index (χ4v) is 19.7. The third kappa shape index (κ3) is 21.5. The van der Waals surface area contributed by atoms with Gasteiger partial charge in [-0.3, -0.25) is 20.0 Å². The zero-order valence-electron chi connectivity index (χ0n) is 69.0. The minimum atomic E-state index is -4.22. The average molecular weight is 1980 g/mol. The first-order chi connectivity index (χ1) is 61.9. The fourth-order valence-electron chi connectivity index (χ4n) is 15.5. The molecule has 4 aromatic carbocycles. The minimum absolute atomic E-state index is 0.00831. The maximum absolute atomic E-state index is 14.8. The van der Waals surface area contributed by atoms with Gasteiger partial charge in [0.15, 0.2) is 73.3 Å². The van der Waals surface area contributed by atoms with Gasteiger partial charge in [-0.05, 0) is 45.0 Å². The van der Waals surface area contributed by atoms with Crippen LogP contribution in [-0.2, 0) is 73.5 Å². The van der Waals surface area contributed by atoms with Gasteiger partial charge in [0.1, 0.15) is 52.9 Å². The van der Waals surface area contributed by atoms with Crippen LogP contribution in [0.3, 0.4) is 0 Å². The Kier molecular flexibility index (Phi) is 29.2. The number of pyridine rings is 1. The van der Waals surface area contributed by atoms with Crippen LogP contribution in [0, 0.1) is 52.4 Å². The zero-order valence-corrected chi connectivity index (χ0v) is 75.4. The van der Waals surface area contributed by atoms with Crippen molar-refractivity contribution in [2.75, 3.05) is 54.6 Å². The van der Waals surface area contributed by atoms with E-state index >= 15 is 0 Å². The maximum atomic E-state index is 14.8. The number of thiazole rings is 3. The smallest absolute Gasteiger partial charge is 0.407 e. The SMILES string of the molecule is COC(=O)C1=C2C[C@H](NC(=O)OC(C)(C)C)CN2C(c2nccs2)=N[C@H]1c1cccc(F)c1Cl.COC(=O)C1=C2C[C@H](NS(N)(=O)=O)CN2C(c2ncc(F)cc2F)=N[C@H]1c1ccc(F)c(F)c1F.COC(=O)C1=C2C[C@H](NS(N)(=O)=O)CN2C(c2nccs2)=N[C@H]1c1cccc(F)c1Cl.COC(=O)C1=C2C[C@H](NS(N)(=O)=O)CN2C(c2nccs2)=N[C@H]1c1cccc(F)c1F. The molecule has 10 N–H and O–H groups in total. The van der Waals surface area contributed by atoms with Gasteiger partial charge in [-0.15, -0.1) is 34.0 Å². The lowest BCUT2D eigenvalue weighted by Gasteiger charge is -2.32. The third-order valence-electron chi connectivity index (χ3n) is 20.5. The van der Waals surface area contributed by atoms with Gasteiger partial charge in [-0.25, -0.2) is 98.8 Å². The summed E-state index contributed by atoms with van der Waals surface area (Å²) in [5.74, 6) is -12.8. The molecule has 4 aromatic heterocycles. The molecule has 1 amide bonds. The molecule has 4 saturated heterocycles. The number of halogens is 11. The number of alkyl carbamates (subject to hydrolysis) is 1. The number of aromatic nitrogens is 4. The number of amides is 1. The molecule has 0 spiro atoms. The number of fused-ring (bicyclic) bond motifs is 4. The topological polar surface area (TPSA) is 474 Å². The standard InChI is InChI=1S/C23H24ClFN4O4S.C20H16F5N5O4S.C18H17ClFN5O4S2.C18H17F2N5O4S2/c1-23(2,3)33-22(31)27-12-10-15-16(21(30)32-4)18(13-6-5-7-14(25)17(13)24)28-19(29(15)11-12)20-26-8-9-34-20;1-34-20(31)14-13-5-9(29-35(26,32)33)7-30(13)19(18-12(23)4-8(21)6-27-18)28-17(14)10-2-3-11(22)16(25)15(10)24;1-29-18(26)13-12-7-9(24-31(21,27)28)8-25(12)16(17-22-5-6-30-17)23-15(13)10-3-2-4-11(20)14(10)19;1-29-18(26)13-12-7-9(24-31(21,27)28)8-25(12)16(17-22-5-6-30-17)23-15(13)10-3-2-4-11(19)14(10)20/h5-9,12,18H,10-11H2,1-4H3,(H,27,31);2-4,6,9,17,29H,5,7H2,1H3,(H2,26,32,33);2*2-6,9,15,24H,7-8H2,1H3,(H2,21,27,28)/t12-,18-;9-,17-;2*9-,15-/m0000/s1. The summed E-state index contributed by atoms with van der Waals surface area (Å²) in [6.07, 6.45) is 5.24. The van der Waals surface area contributed by atoms with Gasteiger partial charge >= 0.3 is 30.0 Å². The Hall–Kier alpha value is -11.5. The van der Waals surface area contributed by atoms with Crippen molar-refractivity contribution in [3.05, 3.63) is 264 Å². The van der Waals surface area contributed by atoms with Crippen LogP contribution in [-0.4, -0.2) is 202 Å². The molecule has 8 atom stereocenters. The second kappa shape index (κ2) is 39.5. The molecule has 0 unspecified atom stereocenters. The van der Waals surface area contributed by atoms with E-state index in [1.807, 2.05) is 10.3 Å². The van der Waals surface area contributed by atoms with Crippen molar-refractivity contribution >= 4 is 141 Å². The average Bonchev–Trinajstić information content (AvgIpc) is 1.64. The number of hydrogen-bond acceptors (Lipinski definition) is 31. The number of methoxy groups -OCH3 is 4. The number of amidine groups is 4. The highest BCUT2D eigenvalue weighted by Gasteiger charge is 2.49. The van der Waals surface area contributed by atoms with Crippen LogP contribution >= 0.6 is 57.2 Å². The van der Waals surface area contributed by atoms with Gasteiger partial charge in [0, 0.05) is 156 Å². The van der Waals surface area contributed by atoms with Crippen molar-refractivity contribution in [3.63, 3.8) is 0 Å². The highest BCUT2D eigenvalue weighted by atomic mass is 35.5. The summed E-state index contributed by atoms with van der Waals surface area (Å²) in [7, 11) is -7.56. The highest BCUT2D eigenvalue weighted by molar-refractivity contribution is 7.87. The number of nitrogens with two attached hydrogens (primary N) is 3. The number of ether oxygens (including phenoxy) is 5. The monoisotopic (exact) mass is 1980 g/mol. The number of aliphatic imine (C=N–C) groups is 4. The second-order valence-corrected chi connectivity index (χ2v) is 37.6. The number of hydrogen-bond donors (Lipinski definition) is 7. The van der Waals surface area contributed by atoms with Crippen molar-refractivity contribution in [1.82, 2.24) is 59.0 Å². The van der Waals surface area contributed by atoms with Gasteiger partial charge < -0.3 is 48.6 Å². The van der Waals surface area contributed by atoms with Crippen molar-refractivity contribution in [2.24, 2.45) is 35.4 Å². The van der Waals surface area contributed by atoms with E-state index in [-0.39, 0.29) is 99.9 Å². The lowest BCUT2D eigenvalue weighted by molar-refractivity contribution is -0.137. The third-order valence-corrected chi connectivity index (χ3v) is 25.5. The lowest BCUT2D eigenvalue weighted by Crippen LogP contribution is -2.42. The number of benzene rings is 4. The summed E-state index contributed by atoms with van der Waals surface area (Å²) in [5, 5.41) is 24.8. The molecule has 0 aliphatic carbocycles. The first-order valence-corrected chi connectivity index (χ1v) is 46.4. The molecule has 52 heteroatoms. The van der Waals surface area contributed by atoms with Crippen LogP contribution in [0.15, 0.2) is 179 Å². The Balaban J connectivity index is 0.000000149. The second-order valence-electron chi connectivity index (χ2n) is 30.2. The molecular weight excluding hydrogens is 1910 g/mol. The Labute approximate surface area is 762 Å². The summed E-state index contributed by atoms with van der Waals surface area (Å²) in [6, 6.07) is 6.88. The number of rotatable bonds is 19. The van der Waals surface area contributed by atoms with Gasteiger partial charge in [-0.1, -0.05) is 65.7 Å². The molecular formula is C79H74Cl2F9N19O16S6. The molecule has 12 heterocycles. The Morgan fingerprint density at radius 2 is 0.756 bits per heavy atom. The van der Waals surface area contributed by atoms with E-state index in [0.717, 1.165) is 26.4 Å². The molecule has 4 fully saturated rings. The molecule has 16 rings (SSSR count). The summed E-state index contributed by atoms with van der Waals surface area (Å²) in [5.41, 5.74) is 0.255. The predicted molar refractivity (Wildman–Crippen MR) is 458 cm³/mol. The van der Waals surface area contributed by atoms with E-state index in [0.29, 0.717) is 86.5 Å². The Morgan fingerprint density at radius 3 is 1.11 bits per heavy atom. The number of carbonyl (C=O) groups excluding carboxylic acids is 5. The number of carbonyl (C=O) groups is 5. The molecule has 694 valence electrons. The summed E-state index contributed by atoms with van der Waals surface area (Å²) in [6.45, 7) is 5.75. The van der Waals surface area contributed by atoms with Gasteiger partial charge in [0.25, 0.3) is 30.6 Å². The van der Waals surface area contributed by atoms with Crippen molar-refractivity contribution in [3.8, 4) is 0 Å². The van der Waals surface area contributed by atoms with Crippen molar-refractivity contribution < 1.29 is 112 Å². The van der Waals surface area contributed by atoms with E-state index in [1.165, 1.54) is 89.5 Å². The van der Waals surface area contributed by atoms with E-state index < -0.39 is 172 Å². The lowest BCUT2D eigenvalue weighted by atomic mass is 9.93. The van der Waals surface area contributed by atoms with Crippen LogP contribution in [0.1, 0.15) is 114 Å². The first kappa shape index (κ1) is 97.0. The number of esters is 4. The Morgan fingerprint density at radius 1 is 0.427 bits per heavy atom. The number of nitrogens with zero attached hydrogens (tertiary/aromatic N) is 12. The largest absolute Gasteiger partial charge is 0.466 e. The first-order valence-electron chi connectivity index (χ1n) is 38.4. The van der Waals surface area contributed by atoms with Crippen LogP contribution in [0.5, 0.6) is 0 Å². The van der Waals surface area contributed by atoms with E-state index in [1.54, 1.807) is 72.1 Å². The van der Waals surface area contributed by atoms with Crippen LogP contribution in [0.25, 0.3) is 0 Å². The highest BCUT2D eigenvalue weighted by Crippen LogP contribution is 2.48. The molecule has 8 aliphatic heterocycles. The van der Waals surface area contributed by atoms with Crippen molar-refractivity contribution in [2.45, 2.75) is 100 Å². The maximum Gasteiger partial charge on any atom is 0.407 e. The minimum Gasteiger partial charge on any atom is -0.466 e. The quantitative estimate of drug-likeness (QED) is 0.0172. The summed E-state index contributed by atoms with van der Waals surface area (Å²) in [4.78, 5) is 105. The molecule has 8 aliphatic rings. The molecule has 131 heavy (non-hydrogen) atoms. The molecule has 0 radical (unpaired) electrons. The molecule has 0 saturated carbocycles. The molecule has 0 bridgehead atoms. The van der Waals surface area contributed by atoms with Gasteiger partial charge in [-0.2, -0.15) is 39.4 Å². The van der Waals surface area contributed by atoms with E-state index in [2.05, 4.69) is 49.4 Å². The number of nitrogens with one attached hydrogen (secondary N) is 4. The van der Waals surface area contributed by atoms with Crippen LogP contribution < -0.4 is 34.9 Å². The van der Waals surface area contributed by atoms with Crippen LogP contribution in [0.4, 0.5) is 44.3 Å². The van der Waals surface area contributed by atoms with Gasteiger partial charge in [0.05, 0.1) is 73.0 Å². The summed E-state index contributed by atoms with van der Waals surface area (Å²) >= 11 is 16.5. The summed E-state index contributed by atoms with van der Waals surface area (Å²) < 4.78 is 229. The molecule has 8 aromatic rings. The zero-order chi connectivity index (χ0) is 94.9. The predicted octanol–water partition coefficient (Wildman–Crippen LogP) is 8.99. The molecule has 35 nitrogen and oxygen atoms in total.